The van der Waals surface area contributed by atoms with Crippen LogP contribution in [0.15, 0.2) is 42.5 Å². The lowest BCUT2D eigenvalue weighted by molar-refractivity contribution is -0.145. The van der Waals surface area contributed by atoms with Crippen LogP contribution < -0.4 is 10.1 Å². The number of hydrogen-bond donors (Lipinski definition) is 1. The Balaban J connectivity index is 1.90. The number of para-hydroxylation sites is 1. The van der Waals surface area contributed by atoms with Crippen LogP contribution in [-0.2, 0) is 19.1 Å². The Morgan fingerprint density at radius 3 is 2.68 bits per heavy atom. The van der Waals surface area contributed by atoms with E-state index in [4.69, 9.17) is 14.2 Å². The van der Waals surface area contributed by atoms with Crippen molar-refractivity contribution in [3.05, 3.63) is 59.2 Å². The summed E-state index contributed by atoms with van der Waals surface area (Å²) in [6.45, 7) is 1.77. The highest BCUT2D eigenvalue weighted by Gasteiger charge is 2.25. The van der Waals surface area contributed by atoms with Crippen molar-refractivity contribution in [3.63, 3.8) is 0 Å². The van der Waals surface area contributed by atoms with Gasteiger partial charge in [-0.1, -0.05) is 24.3 Å². The minimum atomic E-state index is -0.479. The fourth-order valence-electron chi connectivity index (χ4n) is 2.81. The molecule has 0 unspecified atom stereocenters. The lowest BCUT2D eigenvalue weighted by atomic mass is 10.0. The van der Waals surface area contributed by atoms with Crippen LogP contribution >= 0.6 is 0 Å². The van der Waals surface area contributed by atoms with Gasteiger partial charge < -0.3 is 19.5 Å². The van der Waals surface area contributed by atoms with Gasteiger partial charge in [0.05, 0.1) is 19.3 Å². The summed E-state index contributed by atoms with van der Waals surface area (Å²) in [5, 5.41) is 2.74. The summed E-state index contributed by atoms with van der Waals surface area (Å²) >= 11 is 0. The van der Waals surface area contributed by atoms with Crippen LogP contribution in [0.4, 0.5) is 5.69 Å². The monoisotopic (exact) mass is 381 g/mol. The molecule has 0 saturated heterocycles. The molecule has 2 aromatic carbocycles. The first-order valence-electron chi connectivity index (χ1n) is 8.66. The number of benzene rings is 2. The topological polar surface area (TPSA) is 90.9 Å². The molecule has 1 N–H and O–H groups in total. The summed E-state index contributed by atoms with van der Waals surface area (Å²) in [5.74, 6) is -0.788. The Hall–Kier alpha value is -3.61. The molecular formula is C21H19NO6. The molecule has 1 aliphatic heterocycles. The molecule has 0 bridgehead atoms. The van der Waals surface area contributed by atoms with Gasteiger partial charge in [-0.25, -0.2) is 9.59 Å². The second-order valence-corrected chi connectivity index (χ2v) is 5.90. The van der Waals surface area contributed by atoms with Crippen molar-refractivity contribution in [1.29, 1.82) is 0 Å². The molecule has 1 heterocycles. The van der Waals surface area contributed by atoms with E-state index in [0.29, 0.717) is 33.7 Å². The number of carbonyl (C=O) groups excluding carboxylic acids is 3. The molecule has 7 heteroatoms. The van der Waals surface area contributed by atoms with Crippen LogP contribution in [0, 0.1) is 0 Å². The van der Waals surface area contributed by atoms with Crippen LogP contribution in [-0.4, -0.2) is 38.2 Å². The van der Waals surface area contributed by atoms with Gasteiger partial charge >= 0.3 is 11.9 Å². The molecule has 1 amide bonds. The third-order valence-electron chi connectivity index (χ3n) is 4.09. The highest BCUT2D eigenvalue weighted by molar-refractivity contribution is 6.35. The van der Waals surface area contributed by atoms with Crippen molar-refractivity contribution in [1.82, 2.24) is 0 Å². The number of ether oxygens (including phenoxy) is 3. The summed E-state index contributed by atoms with van der Waals surface area (Å²) in [7, 11) is 1.30. The van der Waals surface area contributed by atoms with Crippen molar-refractivity contribution < 1.29 is 28.6 Å². The van der Waals surface area contributed by atoms with Gasteiger partial charge in [-0.2, -0.15) is 0 Å². The number of esters is 2. The molecular weight excluding hydrogens is 362 g/mol. The molecule has 0 atom stereocenters. The molecule has 28 heavy (non-hydrogen) atoms. The van der Waals surface area contributed by atoms with Gasteiger partial charge in [0.25, 0.3) is 5.91 Å². The number of rotatable bonds is 6. The summed E-state index contributed by atoms with van der Waals surface area (Å²) in [6.07, 6.45) is 1.68. The van der Waals surface area contributed by atoms with E-state index in [9.17, 15) is 14.4 Å². The van der Waals surface area contributed by atoms with Gasteiger partial charge in [-0.15, -0.1) is 0 Å². The van der Waals surface area contributed by atoms with Crippen LogP contribution in [0.1, 0.15) is 28.4 Å². The van der Waals surface area contributed by atoms with E-state index < -0.39 is 11.9 Å². The van der Waals surface area contributed by atoms with Crippen molar-refractivity contribution in [2.75, 3.05) is 25.6 Å². The third kappa shape index (κ3) is 4.03. The van der Waals surface area contributed by atoms with Gasteiger partial charge in [0, 0.05) is 22.4 Å². The summed E-state index contributed by atoms with van der Waals surface area (Å²) in [6, 6.07) is 11.9. The highest BCUT2D eigenvalue weighted by Crippen LogP contribution is 2.35. The first-order chi connectivity index (χ1) is 13.5. The Labute approximate surface area is 161 Å². The predicted molar refractivity (Wildman–Crippen MR) is 103 cm³/mol. The summed E-state index contributed by atoms with van der Waals surface area (Å²) in [5.41, 5.74) is 2.61. The highest BCUT2D eigenvalue weighted by atomic mass is 16.6. The lowest BCUT2D eigenvalue weighted by Gasteiger charge is -2.09. The molecule has 144 valence electrons. The quantitative estimate of drug-likeness (QED) is 0.611. The molecule has 1 aliphatic rings. The van der Waals surface area contributed by atoms with E-state index in [2.05, 4.69) is 5.32 Å². The Kier molecular flexibility index (Phi) is 5.74. The van der Waals surface area contributed by atoms with Crippen LogP contribution in [0.3, 0.4) is 0 Å². The second kappa shape index (κ2) is 8.39. The molecule has 7 nitrogen and oxygen atoms in total. The van der Waals surface area contributed by atoms with E-state index in [1.807, 2.05) is 0 Å². The molecule has 0 saturated carbocycles. The molecule has 3 rings (SSSR count). The zero-order chi connectivity index (χ0) is 20.1. The zero-order valence-corrected chi connectivity index (χ0v) is 15.5. The van der Waals surface area contributed by atoms with E-state index in [1.165, 1.54) is 7.11 Å². The average molecular weight is 381 g/mol. The maximum Gasteiger partial charge on any atom is 0.344 e. The van der Waals surface area contributed by atoms with Crippen LogP contribution in [0.25, 0.3) is 11.6 Å². The van der Waals surface area contributed by atoms with Gasteiger partial charge in [-0.3, -0.25) is 4.79 Å². The van der Waals surface area contributed by atoms with Gasteiger partial charge in [-0.05, 0) is 31.2 Å². The fraction of sp³-hybridized carbons (Fsp3) is 0.190. The third-order valence-corrected chi connectivity index (χ3v) is 4.09. The summed E-state index contributed by atoms with van der Waals surface area (Å²) < 4.78 is 15.1. The largest absolute Gasteiger partial charge is 0.481 e. The SMILES string of the molecule is CCOC(=O)COc1ccccc1/C=C1/C(=O)Nc2cc(C(=O)OC)ccc21. The smallest absolute Gasteiger partial charge is 0.344 e. The predicted octanol–water partition coefficient (Wildman–Crippen LogP) is 2.91. The van der Waals surface area contributed by atoms with Crippen molar-refractivity contribution in [2.45, 2.75) is 6.92 Å². The van der Waals surface area contributed by atoms with E-state index in [1.54, 1.807) is 55.5 Å². The van der Waals surface area contributed by atoms with Gasteiger partial charge in [0.1, 0.15) is 5.75 Å². The van der Waals surface area contributed by atoms with Gasteiger partial charge in [0.15, 0.2) is 6.61 Å². The molecule has 0 aromatic heterocycles. The van der Waals surface area contributed by atoms with Crippen molar-refractivity contribution >= 4 is 35.2 Å². The number of anilines is 1. The maximum atomic E-state index is 12.4. The van der Waals surface area contributed by atoms with Crippen molar-refractivity contribution in [3.8, 4) is 5.75 Å². The number of carbonyl (C=O) groups is 3. The van der Waals surface area contributed by atoms with Crippen LogP contribution in [0.2, 0.25) is 0 Å². The maximum absolute atomic E-state index is 12.4. The van der Waals surface area contributed by atoms with Crippen molar-refractivity contribution in [2.24, 2.45) is 0 Å². The van der Waals surface area contributed by atoms with Gasteiger partial charge in [0.2, 0.25) is 0 Å². The average Bonchev–Trinajstić information content (AvgIpc) is 3.01. The first-order valence-corrected chi connectivity index (χ1v) is 8.66. The van der Waals surface area contributed by atoms with E-state index >= 15 is 0 Å². The Morgan fingerprint density at radius 2 is 1.93 bits per heavy atom. The minimum absolute atomic E-state index is 0.223. The standard InChI is InChI=1S/C21H19NO6/c1-3-27-19(23)12-28-18-7-5-4-6-13(18)10-16-15-9-8-14(21(25)26-2)11-17(15)22-20(16)24/h4-11H,3,12H2,1-2H3,(H,22,24)/b16-10+. The van der Waals surface area contributed by atoms with E-state index in [-0.39, 0.29) is 19.1 Å². The van der Waals surface area contributed by atoms with E-state index in [0.717, 1.165) is 0 Å². The Bertz CT molecular complexity index is 963. The molecule has 2 aromatic rings. The molecule has 0 fully saturated rings. The molecule has 0 spiro atoms. The molecule has 0 radical (unpaired) electrons. The summed E-state index contributed by atoms with van der Waals surface area (Å²) in [4.78, 5) is 35.7. The fourth-order valence-corrected chi connectivity index (χ4v) is 2.81. The zero-order valence-electron chi connectivity index (χ0n) is 15.5. The number of methoxy groups -OCH3 is 1. The minimum Gasteiger partial charge on any atom is -0.481 e. The van der Waals surface area contributed by atoms with Crippen LogP contribution in [0.5, 0.6) is 5.75 Å². The number of nitrogens with one attached hydrogen (secondary N) is 1. The number of fused-ring (bicyclic) bond motifs is 1. The Morgan fingerprint density at radius 1 is 1.14 bits per heavy atom. The number of amides is 1. The first kappa shape index (κ1) is 19.2. The normalized spacial score (nSPS) is 13.6. The lowest BCUT2D eigenvalue weighted by Crippen LogP contribution is -2.15. The second-order valence-electron chi connectivity index (χ2n) is 5.90. The number of hydrogen-bond acceptors (Lipinski definition) is 6. The molecule has 0 aliphatic carbocycles.